The van der Waals surface area contributed by atoms with Gasteiger partial charge in [-0.1, -0.05) is 20.8 Å². The Morgan fingerprint density at radius 3 is 2.60 bits per heavy atom. The molecule has 0 saturated heterocycles. The zero-order valence-electron chi connectivity index (χ0n) is 11.7. The molecule has 0 fully saturated rings. The molecule has 20 heavy (non-hydrogen) atoms. The number of carbonyl (C=O) groups excluding carboxylic acids is 1. The SMILES string of the molecule is CC(C)(C)c1cc(NC(=O)c2ccc(N)c(O)c2)n[nH]1. The van der Waals surface area contributed by atoms with Crippen LogP contribution >= 0.6 is 0 Å². The van der Waals surface area contributed by atoms with Gasteiger partial charge in [0.25, 0.3) is 5.91 Å². The number of anilines is 2. The lowest BCUT2D eigenvalue weighted by molar-refractivity contribution is 0.102. The van der Waals surface area contributed by atoms with Crippen molar-refractivity contribution >= 4 is 17.4 Å². The molecule has 6 heteroatoms. The van der Waals surface area contributed by atoms with E-state index in [9.17, 15) is 9.90 Å². The van der Waals surface area contributed by atoms with E-state index in [0.717, 1.165) is 5.69 Å². The Morgan fingerprint density at radius 2 is 2.05 bits per heavy atom. The van der Waals surface area contributed by atoms with Gasteiger partial charge in [-0.2, -0.15) is 5.10 Å². The summed E-state index contributed by atoms with van der Waals surface area (Å²) >= 11 is 0. The molecule has 0 saturated carbocycles. The molecular weight excluding hydrogens is 256 g/mol. The number of aromatic hydroxyl groups is 1. The fourth-order valence-corrected chi connectivity index (χ4v) is 1.64. The van der Waals surface area contributed by atoms with E-state index in [2.05, 4.69) is 15.5 Å². The van der Waals surface area contributed by atoms with E-state index in [1.54, 1.807) is 12.1 Å². The van der Waals surface area contributed by atoms with Gasteiger partial charge in [-0.3, -0.25) is 9.89 Å². The molecule has 0 bridgehead atoms. The van der Waals surface area contributed by atoms with Crippen LogP contribution in [0, 0.1) is 0 Å². The van der Waals surface area contributed by atoms with Gasteiger partial charge >= 0.3 is 0 Å². The average molecular weight is 274 g/mol. The predicted molar refractivity (Wildman–Crippen MR) is 77.8 cm³/mol. The molecule has 0 spiro atoms. The Hall–Kier alpha value is -2.50. The lowest BCUT2D eigenvalue weighted by atomic mass is 9.92. The molecule has 6 nitrogen and oxygen atoms in total. The van der Waals surface area contributed by atoms with E-state index in [1.165, 1.54) is 12.1 Å². The van der Waals surface area contributed by atoms with Crippen molar-refractivity contribution in [1.82, 2.24) is 10.2 Å². The predicted octanol–water partition coefficient (Wildman–Crippen LogP) is 2.25. The molecule has 2 rings (SSSR count). The smallest absolute Gasteiger partial charge is 0.257 e. The van der Waals surface area contributed by atoms with Gasteiger partial charge < -0.3 is 16.2 Å². The number of rotatable bonds is 2. The van der Waals surface area contributed by atoms with Crippen molar-refractivity contribution in [3.05, 3.63) is 35.5 Å². The van der Waals surface area contributed by atoms with Crippen molar-refractivity contribution in [3.8, 4) is 5.75 Å². The molecule has 0 atom stereocenters. The molecule has 1 aromatic heterocycles. The molecule has 106 valence electrons. The van der Waals surface area contributed by atoms with Crippen LogP contribution in [0.5, 0.6) is 5.75 Å². The first-order valence-electron chi connectivity index (χ1n) is 6.23. The average Bonchev–Trinajstić information content (AvgIpc) is 2.81. The number of aromatic nitrogens is 2. The third-order valence-electron chi connectivity index (χ3n) is 2.92. The fraction of sp³-hybridized carbons (Fsp3) is 0.286. The number of benzene rings is 1. The summed E-state index contributed by atoms with van der Waals surface area (Å²) in [5.41, 5.74) is 6.89. The number of carbonyl (C=O) groups is 1. The van der Waals surface area contributed by atoms with Crippen LogP contribution in [0.4, 0.5) is 11.5 Å². The quantitative estimate of drug-likeness (QED) is 0.498. The maximum Gasteiger partial charge on any atom is 0.257 e. The van der Waals surface area contributed by atoms with E-state index in [4.69, 9.17) is 5.73 Å². The number of nitrogens with two attached hydrogens (primary N) is 1. The summed E-state index contributed by atoms with van der Waals surface area (Å²) in [5, 5.41) is 19.1. The lowest BCUT2D eigenvalue weighted by Crippen LogP contribution is -2.12. The minimum Gasteiger partial charge on any atom is -0.506 e. The molecular formula is C14H18N4O2. The minimum absolute atomic E-state index is 0.0740. The molecule has 1 aromatic carbocycles. The molecule has 0 aliphatic rings. The van der Waals surface area contributed by atoms with Gasteiger partial charge in [-0.15, -0.1) is 0 Å². The van der Waals surface area contributed by atoms with Crippen LogP contribution in [0.15, 0.2) is 24.3 Å². The maximum absolute atomic E-state index is 12.0. The van der Waals surface area contributed by atoms with Gasteiger partial charge in [0.2, 0.25) is 0 Å². The second kappa shape index (κ2) is 4.88. The number of H-pyrrole nitrogens is 1. The Morgan fingerprint density at radius 1 is 1.35 bits per heavy atom. The highest BCUT2D eigenvalue weighted by Gasteiger charge is 2.17. The third-order valence-corrected chi connectivity index (χ3v) is 2.92. The number of phenolic OH excluding ortho intramolecular Hbond substituents is 1. The van der Waals surface area contributed by atoms with Crippen molar-refractivity contribution in [2.45, 2.75) is 26.2 Å². The Bertz CT molecular complexity index is 641. The summed E-state index contributed by atoms with van der Waals surface area (Å²) in [7, 11) is 0. The second-order valence-corrected chi connectivity index (χ2v) is 5.64. The highest BCUT2D eigenvalue weighted by atomic mass is 16.3. The molecule has 0 radical (unpaired) electrons. The summed E-state index contributed by atoms with van der Waals surface area (Å²) < 4.78 is 0. The van der Waals surface area contributed by atoms with Crippen molar-refractivity contribution in [2.24, 2.45) is 0 Å². The second-order valence-electron chi connectivity index (χ2n) is 5.64. The summed E-state index contributed by atoms with van der Waals surface area (Å²) in [6.45, 7) is 6.14. The van der Waals surface area contributed by atoms with Crippen LogP contribution in [-0.4, -0.2) is 21.2 Å². The first-order chi connectivity index (χ1) is 9.27. The lowest BCUT2D eigenvalue weighted by Gasteiger charge is -2.14. The van der Waals surface area contributed by atoms with Crippen molar-refractivity contribution in [1.29, 1.82) is 0 Å². The molecule has 5 N–H and O–H groups in total. The van der Waals surface area contributed by atoms with Crippen LogP contribution in [0.2, 0.25) is 0 Å². The van der Waals surface area contributed by atoms with Crippen molar-refractivity contribution < 1.29 is 9.90 Å². The zero-order chi connectivity index (χ0) is 14.9. The fourth-order valence-electron chi connectivity index (χ4n) is 1.64. The van der Waals surface area contributed by atoms with Gasteiger partial charge in [-0.25, -0.2) is 0 Å². The van der Waals surface area contributed by atoms with E-state index in [0.29, 0.717) is 11.4 Å². The summed E-state index contributed by atoms with van der Waals surface area (Å²) in [6.07, 6.45) is 0. The standard InChI is InChI=1S/C14H18N4O2/c1-14(2,3)11-7-12(18-17-11)16-13(20)8-4-5-9(15)10(19)6-8/h4-7,19H,15H2,1-3H3,(H2,16,17,18,20). The monoisotopic (exact) mass is 274 g/mol. The van der Waals surface area contributed by atoms with Crippen LogP contribution in [0.1, 0.15) is 36.8 Å². The van der Waals surface area contributed by atoms with Gasteiger partial charge in [0.1, 0.15) is 5.75 Å². The van der Waals surface area contributed by atoms with E-state index >= 15 is 0 Å². The van der Waals surface area contributed by atoms with Crippen molar-refractivity contribution in [3.63, 3.8) is 0 Å². The van der Waals surface area contributed by atoms with E-state index < -0.39 is 0 Å². The highest BCUT2D eigenvalue weighted by molar-refractivity contribution is 6.04. The number of hydrogen-bond donors (Lipinski definition) is 4. The first kappa shape index (κ1) is 13.9. The molecule has 0 aliphatic carbocycles. The minimum atomic E-state index is -0.354. The molecule has 1 heterocycles. The number of nitrogens with one attached hydrogen (secondary N) is 2. The normalized spacial score (nSPS) is 11.3. The first-order valence-corrected chi connectivity index (χ1v) is 6.23. The summed E-state index contributed by atoms with van der Waals surface area (Å²) in [5.74, 6) is -0.0291. The van der Waals surface area contributed by atoms with Crippen LogP contribution < -0.4 is 11.1 Å². The summed E-state index contributed by atoms with van der Waals surface area (Å²) in [4.78, 5) is 12.0. The Kier molecular flexibility index (Phi) is 3.40. The van der Waals surface area contributed by atoms with Crippen LogP contribution in [0.25, 0.3) is 0 Å². The number of hydrogen-bond acceptors (Lipinski definition) is 4. The van der Waals surface area contributed by atoms with Crippen LogP contribution in [-0.2, 0) is 5.41 Å². The largest absolute Gasteiger partial charge is 0.506 e. The van der Waals surface area contributed by atoms with Crippen molar-refractivity contribution in [2.75, 3.05) is 11.1 Å². The van der Waals surface area contributed by atoms with E-state index in [1.807, 2.05) is 20.8 Å². The Labute approximate surface area is 117 Å². The molecule has 0 aliphatic heterocycles. The zero-order valence-corrected chi connectivity index (χ0v) is 11.7. The number of phenols is 1. The van der Waals surface area contributed by atoms with Gasteiger partial charge in [0.15, 0.2) is 5.82 Å². The molecule has 0 unspecified atom stereocenters. The molecule has 1 amide bonds. The number of nitrogen functional groups attached to an aromatic ring is 1. The molecule has 2 aromatic rings. The van der Waals surface area contributed by atoms with Crippen LogP contribution in [0.3, 0.4) is 0 Å². The number of aromatic amines is 1. The number of nitrogens with zero attached hydrogens (tertiary/aromatic N) is 1. The third kappa shape index (κ3) is 2.90. The van der Waals surface area contributed by atoms with E-state index in [-0.39, 0.29) is 22.8 Å². The maximum atomic E-state index is 12.0. The van der Waals surface area contributed by atoms with Gasteiger partial charge in [0.05, 0.1) is 5.69 Å². The highest BCUT2D eigenvalue weighted by Crippen LogP contribution is 2.23. The number of amides is 1. The Balaban J connectivity index is 2.15. The summed E-state index contributed by atoms with van der Waals surface area (Å²) in [6, 6.07) is 6.13. The topological polar surface area (TPSA) is 104 Å². The van der Waals surface area contributed by atoms with Gasteiger partial charge in [-0.05, 0) is 18.2 Å². The van der Waals surface area contributed by atoms with Gasteiger partial charge in [0, 0.05) is 22.7 Å².